The molecule has 3 N–H and O–H groups in total. The van der Waals surface area contributed by atoms with E-state index in [1.807, 2.05) is 0 Å². The van der Waals surface area contributed by atoms with Crippen molar-refractivity contribution < 1.29 is 20.1 Å². The van der Waals surface area contributed by atoms with Crippen LogP contribution in [0.4, 0.5) is 0 Å². The number of phenolic OH excluding ortho intramolecular Hbond substituents is 2. The number of phenols is 2. The Balaban J connectivity index is 1.49. The molecule has 1 unspecified atom stereocenters. The lowest BCUT2D eigenvalue weighted by Crippen LogP contribution is -2.30. The number of hydrogen-bond acceptors (Lipinski definition) is 5. The molecule has 0 aliphatic carbocycles. The van der Waals surface area contributed by atoms with Crippen LogP contribution >= 0.6 is 11.6 Å². The molecule has 7 heteroatoms. The van der Waals surface area contributed by atoms with Crippen molar-refractivity contribution >= 4 is 17.5 Å². The third kappa shape index (κ3) is 4.20. The summed E-state index contributed by atoms with van der Waals surface area (Å²) in [7, 11) is 0. The van der Waals surface area contributed by atoms with Crippen LogP contribution in [-0.2, 0) is 6.54 Å². The molecule has 0 saturated carbocycles. The third-order valence-corrected chi connectivity index (χ3v) is 6.13. The van der Waals surface area contributed by atoms with E-state index in [-0.39, 0.29) is 40.1 Å². The maximum Gasteiger partial charge on any atom is 0.258 e. The summed E-state index contributed by atoms with van der Waals surface area (Å²) in [4.78, 5) is 17.0. The van der Waals surface area contributed by atoms with Crippen molar-refractivity contribution in [2.45, 2.75) is 38.0 Å². The molecule has 0 radical (unpaired) electrons. The Morgan fingerprint density at radius 3 is 2.52 bits per heavy atom. The molecule has 2 aromatic rings. The number of carbonyl (C=O) groups is 1. The number of aliphatic hydroxyl groups excluding tert-OH is 1. The molecule has 2 fully saturated rings. The van der Waals surface area contributed by atoms with Crippen LogP contribution in [0.25, 0.3) is 0 Å². The Labute approximate surface area is 174 Å². The number of hydrogen-bond donors (Lipinski definition) is 3. The van der Waals surface area contributed by atoms with Gasteiger partial charge in [-0.05, 0) is 36.5 Å². The molecule has 2 atom stereocenters. The van der Waals surface area contributed by atoms with Crippen molar-refractivity contribution in [3.63, 3.8) is 0 Å². The first-order chi connectivity index (χ1) is 13.9. The molecule has 2 saturated heterocycles. The highest BCUT2D eigenvalue weighted by atomic mass is 35.5. The van der Waals surface area contributed by atoms with E-state index in [0.29, 0.717) is 13.1 Å². The maximum atomic E-state index is 13.0. The zero-order chi connectivity index (χ0) is 20.5. The van der Waals surface area contributed by atoms with Gasteiger partial charge in [0, 0.05) is 32.2 Å². The normalized spacial score (nSPS) is 22.3. The average Bonchev–Trinajstić information content (AvgIpc) is 3.34. The van der Waals surface area contributed by atoms with E-state index in [2.05, 4.69) is 29.2 Å². The minimum atomic E-state index is -0.290. The van der Waals surface area contributed by atoms with E-state index in [0.717, 1.165) is 44.0 Å². The average molecular weight is 417 g/mol. The van der Waals surface area contributed by atoms with Crippen LogP contribution in [0.5, 0.6) is 11.5 Å². The second kappa shape index (κ2) is 8.22. The molecule has 6 nitrogen and oxygen atoms in total. The molecule has 2 aromatic carbocycles. The molecule has 1 amide bonds. The molecule has 0 aromatic heterocycles. The minimum absolute atomic E-state index is 0.0401. The Morgan fingerprint density at radius 1 is 1.07 bits per heavy atom. The van der Waals surface area contributed by atoms with E-state index in [4.69, 9.17) is 11.6 Å². The van der Waals surface area contributed by atoms with Crippen LogP contribution in [0.2, 0.25) is 5.02 Å². The van der Waals surface area contributed by atoms with Crippen molar-refractivity contribution in [1.82, 2.24) is 9.80 Å². The highest BCUT2D eigenvalue weighted by Crippen LogP contribution is 2.37. The van der Waals surface area contributed by atoms with Crippen LogP contribution in [0.1, 0.15) is 46.8 Å². The van der Waals surface area contributed by atoms with Crippen LogP contribution in [-0.4, -0.2) is 56.8 Å². The minimum Gasteiger partial charge on any atom is -0.507 e. The van der Waals surface area contributed by atoms with Gasteiger partial charge >= 0.3 is 0 Å². The second-order valence-corrected chi connectivity index (χ2v) is 8.30. The first-order valence-corrected chi connectivity index (χ1v) is 10.3. The van der Waals surface area contributed by atoms with Gasteiger partial charge in [-0.3, -0.25) is 9.69 Å². The fourth-order valence-electron chi connectivity index (χ4n) is 4.29. The predicted octanol–water partition coefficient (Wildman–Crippen LogP) is 3.30. The summed E-state index contributed by atoms with van der Waals surface area (Å²) in [6, 6.07) is 10.6. The number of carbonyl (C=O) groups excluding carboxylic acids is 1. The van der Waals surface area contributed by atoms with Crippen molar-refractivity contribution in [2.75, 3.05) is 19.6 Å². The fourth-order valence-corrected chi connectivity index (χ4v) is 4.46. The van der Waals surface area contributed by atoms with Crippen LogP contribution < -0.4 is 0 Å². The highest BCUT2D eigenvalue weighted by molar-refractivity contribution is 6.32. The smallest absolute Gasteiger partial charge is 0.258 e. The zero-order valence-corrected chi connectivity index (χ0v) is 16.8. The van der Waals surface area contributed by atoms with E-state index < -0.39 is 0 Å². The lowest BCUT2D eigenvalue weighted by atomic mass is 10.0. The maximum absolute atomic E-state index is 13.0. The lowest BCUT2D eigenvalue weighted by molar-refractivity contribution is 0.0732. The SMILES string of the molecule is O=C(c1cc(Cl)c(O)cc1O)N1CCCC1c1ccc(CN2CC[C@H](O)C2)cc1. The first-order valence-electron chi connectivity index (χ1n) is 9.94. The lowest BCUT2D eigenvalue weighted by Gasteiger charge is -2.26. The van der Waals surface area contributed by atoms with Gasteiger partial charge in [-0.1, -0.05) is 35.9 Å². The molecule has 0 bridgehead atoms. The van der Waals surface area contributed by atoms with Gasteiger partial charge in [0.2, 0.25) is 0 Å². The molecule has 154 valence electrons. The van der Waals surface area contributed by atoms with Gasteiger partial charge in [0.1, 0.15) is 11.5 Å². The summed E-state index contributed by atoms with van der Waals surface area (Å²) < 4.78 is 0. The standard InChI is InChI=1S/C22H25ClN2O4/c23-18-10-17(20(27)11-21(18)28)22(29)25-8-1-2-19(25)15-5-3-14(4-6-15)12-24-9-7-16(26)13-24/h3-6,10-11,16,19,26-28H,1-2,7-9,12-13H2/t16-,19?/m0/s1. The summed E-state index contributed by atoms with van der Waals surface area (Å²) in [6.45, 7) is 3.04. The number of likely N-dealkylation sites (tertiary alicyclic amines) is 2. The molecule has 4 rings (SSSR count). The largest absolute Gasteiger partial charge is 0.507 e. The van der Waals surface area contributed by atoms with Gasteiger partial charge in [-0.25, -0.2) is 0 Å². The van der Waals surface area contributed by atoms with E-state index >= 15 is 0 Å². The molecule has 29 heavy (non-hydrogen) atoms. The predicted molar refractivity (Wildman–Crippen MR) is 110 cm³/mol. The number of nitrogens with zero attached hydrogens (tertiary/aromatic N) is 2. The van der Waals surface area contributed by atoms with Gasteiger partial charge in [-0.2, -0.15) is 0 Å². The molecule has 2 heterocycles. The van der Waals surface area contributed by atoms with Gasteiger partial charge in [-0.15, -0.1) is 0 Å². The van der Waals surface area contributed by atoms with E-state index in [1.165, 1.54) is 11.6 Å². The molecular formula is C22H25ClN2O4. The van der Waals surface area contributed by atoms with Gasteiger partial charge in [0.15, 0.2) is 0 Å². The topological polar surface area (TPSA) is 84.2 Å². The van der Waals surface area contributed by atoms with Crippen molar-refractivity contribution in [3.8, 4) is 11.5 Å². The number of halogens is 1. The summed E-state index contributed by atoms with van der Waals surface area (Å²) in [5.74, 6) is -0.812. The molecule has 0 spiro atoms. The Morgan fingerprint density at radius 2 is 1.83 bits per heavy atom. The monoisotopic (exact) mass is 416 g/mol. The fraction of sp³-hybridized carbons (Fsp3) is 0.409. The summed E-state index contributed by atoms with van der Waals surface area (Å²) in [6.07, 6.45) is 2.34. The van der Waals surface area contributed by atoms with Gasteiger partial charge in [0.25, 0.3) is 5.91 Å². The third-order valence-electron chi connectivity index (χ3n) is 5.83. The van der Waals surface area contributed by atoms with Crippen molar-refractivity contribution in [1.29, 1.82) is 0 Å². The number of β-amino-alcohol motifs (C(OH)–C–C–N with tert-alkyl or cyclic N) is 1. The molecular weight excluding hydrogens is 392 g/mol. The Kier molecular flexibility index (Phi) is 5.67. The molecule has 2 aliphatic rings. The Bertz CT molecular complexity index is 902. The highest BCUT2D eigenvalue weighted by Gasteiger charge is 2.32. The van der Waals surface area contributed by atoms with Gasteiger partial charge in [0.05, 0.1) is 22.7 Å². The van der Waals surface area contributed by atoms with E-state index in [1.54, 1.807) is 4.90 Å². The first kappa shape index (κ1) is 20.0. The summed E-state index contributed by atoms with van der Waals surface area (Å²) in [5.41, 5.74) is 2.34. The number of benzene rings is 2. The van der Waals surface area contributed by atoms with Gasteiger partial charge < -0.3 is 20.2 Å². The zero-order valence-electron chi connectivity index (χ0n) is 16.1. The number of aromatic hydroxyl groups is 2. The molecule has 2 aliphatic heterocycles. The Hall–Kier alpha value is -2.28. The second-order valence-electron chi connectivity index (χ2n) is 7.90. The van der Waals surface area contributed by atoms with Crippen LogP contribution in [0, 0.1) is 0 Å². The van der Waals surface area contributed by atoms with Crippen LogP contribution in [0.3, 0.4) is 0 Å². The number of amides is 1. The summed E-state index contributed by atoms with van der Waals surface area (Å²) >= 11 is 5.93. The quantitative estimate of drug-likeness (QED) is 0.712. The van der Waals surface area contributed by atoms with Crippen LogP contribution in [0.15, 0.2) is 36.4 Å². The van der Waals surface area contributed by atoms with E-state index in [9.17, 15) is 20.1 Å². The number of rotatable bonds is 4. The summed E-state index contributed by atoms with van der Waals surface area (Å²) in [5, 5.41) is 29.4. The van der Waals surface area contributed by atoms with Crippen molar-refractivity contribution in [2.24, 2.45) is 0 Å². The van der Waals surface area contributed by atoms with Crippen molar-refractivity contribution in [3.05, 3.63) is 58.1 Å². The number of aliphatic hydroxyl groups is 1.